The summed E-state index contributed by atoms with van der Waals surface area (Å²) < 4.78 is 13.7. The van der Waals surface area contributed by atoms with Gasteiger partial charge in [0.15, 0.2) is 5.82 Å². The van der Waals surface area contributed by atoms with Crippen LogP contribution < -0.4 is 4.90 Å². The largest absolute Gasteiger partial charge is 0.357 e. The van der Waals surface area contributed by atoms with E-state index in [0.29, 0.717) is 17.9 Å². The third-order valence-electron chi connectivity index (χ3n) is 3.23. The van der Waals surface area contributed by atoms with Crippen molar-refractivity contribution in [2.75, 3.05) is 11.9 Å². The molecule has 3 aromatic rings. The van der Waals surface area contributed by atoms with Gasteiger partial charge in [-0.3, -0.25) is 0 Å². The van der Waals surface area contributed by atoms with E-state index >= 15 is 0 Å². The molecule has 0 radical (unpaired) electrons. The highest BCUT2D eigenvalue weighted by atomic mass is 19.1. The molecule has 0 unspecified atom stereocenters. The van der Waals surface area contributed by atoms with Crippen LogP contribution in [0.25, 0.3) is 11.0 Å². The Labute approximate surface area is 116 Å². The minimum Gasteiger partial charge on any atom is -0.357 e. The van der Waals surface area contributed by atoms with E-state index in [4.69, 9.17) is 0 Å². The normalized spacial score (nSPS) is 10.9. The van der Waals surface area contributed by atoms with E-state index in [-0.39, 0.29) is 5.82 Å². The number of rotatable bonds is 3. The fourth-order valence-corrected chi connectivity index (χ4v) is 2.28. The standard InChI is InChI=1S/C15H15FN4/c1-10-18-13-7-8-17-14(13)15(19-10)20(2)9-11-5-3-4-6-12(11)16/h3-8,17H,9H2,1-2H3. The monoisotopic (exact) mass is 270 g/mol. The van der Waals surface area contributed by atoms with Crippen molar-refractivity contribution in [3.05, 3.63) is 53.7 Å². The molecule has 0 aliphatic rings. The van der Waals surface area contributed by atoms with Crippen LogP contribution in [-0.4, -0.2) is 22.0 Å². The predicted molar refractivity (Wildman–Crippen MR) is 77.1 cm³/mol. The molecule has 3 rings (SSSR count). The van der Waals surface area contributed by atoms with Gasteiger partial charge in [-0.15, -0.1) is 0 Å². The molecular weight excluding hydrogens is 255 g/mol. The molecule has 0 saturated carbocycles. The summed E-state index contributed by atoms with van der Waals surface area (Å²) in [5.41, 5.74) is 2.38. The summed E-state index contributed by atoms with van der Waals surface area (Å²) in [5, 5.41) is 0. The highest BCUT2D eigenvalue weighted by molar-refractivity contribution is 5.86. The SMILES string of the molecule is Cc1nc(N(C)Cc2ccccc2F)c2[nH]ccc2n1. The Hall–Kier alpha value is -2.43. The number of H-pyrrole nitrogens is 1. The molecule has 2 heterocycles. The molecule has 1 N–H and O–H groups in total. The second-order valence-electron chi connectivity index (χ2n) is 4.78. The molecule has 1 aromatic carbocycles. The number of benzene rings is 1. The summed E-state index contributed by atoms with van der Waals surface area (Å²) in [6.45, 7) is 2.31. The van der Waals surface area contributed by atoms with E-state index in [1.165, 1.54) is 6.07 Å². The zero-order valence-electron chi connectivity index (χ0n) is 11.4. The number of halogens is 1. The molecule has 4 nitrogen and oxygen atoms in total. The maximum Gasteiger partial charge on any atom is 0.156 e. The van der Waals surface area contributed by atoms with Gasteiger partial charge in [0, 0.05) is 25.4 Å². The molecule has 102 valence electrons. The van der Waals surface area contributed by atoms with Gasteiger partial charge in [-0.1, -0.05) is 18.2 Å². The molecule has 0 saturated heterocycles. The number of nitrogens with zero attached hydrogens (tertiary/aromatic N) is 3. The predicted octanol–water partition coefficient (Wildman–Crippen LogP) is 3.04. The van der Waals surface area contributed by atoms with Crippen LogP contribution >= 0.6 is 0 Å². The minimum absolute atomic E-state index is 0.201. The number of aromatic nitrogens is 3. The van der Waals surface area contributed by atoms with Crippen molar-refractivity contribution >= 4 is 16.9 Å². The van der Waals surface area contributed by atoms with Crippen LogP contribution in [-0.2, 0) is 6.54 Å². The summed E-state index contributed by atoms with van der Waals surface area (Å²) in [6, 6.07) is 8.69. The van der Waals surface area contributed by atoms with Crippen LogP contribution in [0.4, 0.5) is 10.2 Å². The number of aryl methyl sites for hydroxylation is 1. The van der Waals surface area contributed by atoms with E-state index in [0.717, 1.165) is 16.9 Å². The van der Waals surface area contributed by atoms with Gasteiger partial charge in [0.1, 0.15) is 17.2 Å². The minimum atomic E-state index is -0.201. The quantitative estimate of drug-likeness (QED) is 0.795. The third-order valence-corrected chi connectivity index (χ3v) is 3.23. The van der Waals surface area contributed by atoms with Crippen LogP contribution in [0.3, 0.4) is 0 Å². The molecule has 0 atom stereocenters. The van der Waals surface area contributed by atoms with Crippen molar-refractivity contribution in [1.29, 1.82) is 0 Å². The summed E-state index contributed by atoms with van der Waals surface area (Å²) >= 11 is 0. The first kappa shape index (κ1) is 12.6. The molecule has 2 aromatic heterocycles. The Morgan fingerprint density at radius 2 is 2.00 bits per heavy atom. The average molecular weight is 270 g/mol. The van der Waals surface area contributed by atoms with Gasteiger partial charge < -0.3 is 9.88 Å². The number of hydrogen-bond donors (Lipinski definition) is 1. The van der Waals surface area contributed by atoms with Crippen LogP contribution in [0.15, 0.2) is 36.5 Å². The van der Waals surface area contributed by atoms with Gasteiger partial charge in [-0.2, -0.15) is 0 Å². The number of aromatic amines is 1. The topological polar surface area (TPSA) is 44.8 Å². The number of nitrogens with one attached hydrogen (secondary N) is 1. The maximum absolute atomic E-state index is 13.7. The Bertz CT molecular complexity index is 750. The Kier molecular flexibility index (Phi) is 3.10. The van der Waals surface area contributed by atoms with E-state index in [9.17, 15) is 4.39 Å². The van der Waals surface area contributed by atoms with E-state index in [1.807, 2.05) is 37.2 Å². The number of fused-ring (bicyclic) bond motifs is 1. The maximum atomic E-state index is 13.7. The summed E-state index contributed by atoms with van der Waals surface area (Å²) in [6.07, 6.45) is 1.83. The van der Waals surface area contributed by atoms with Crippen LogP contribution in [0.2, 0.25) is 0 Å². The lowest BCUT2D eigenvalue weighted by atomic mass is 10.2. The molecule has 0 spiro atoms. The third kappa shape index (κ3) is 2.22. The van der Waals surface area contributed by atoms with Gasteiger partial charge >= 0.3 is 0 Å². The van der Waals surface area contributed by atoms with E-state index in [2.05, 4.69) is 15.0 Å². The highest BCUT2D eigenvalue weighted by Gasteiger charge is 2.13. The first-order chi connectivity index (χ1) is 9.65. The zero-order valence-corrected chi connectivity index (χ0v) is 11.4. The molecule has 0 bridgehead atoms. The van der Waals surface area contributed by atoms with Crippen molar-refractivity contribution < 1.29 is 4.39 Å². The second-order valence-corrected chi connectivity index (χ2v) is 4.78. The molecule has 0 aliphatic carbocycles. The van der Waals surface area contributed by atoms with E-state index < -0.39 is 0 Å². The van der Waals surface area contributed by atoms with Crippen molar-refractivity contribution in [2.24, 2.45) is 0 Å². The molecule has 20 heavy (non-hydrogen) atoms. The van der Waals surface area contributed by atoms with Crippen molar-refractivity contribution in [3.8, 4) is 0 Å². The lowest BCUT2D eigenvalue weighted by Crippen LogP contribution is -2.19. The van der Waals surface area contributed by atoms with Gasteiger partial charge in [-0.05, 0) is 19.1 Å². The fourth-order valence-electron chi connectivity index (χ4n) is 2.28. The second kappa shape index (κ2) is 4.92. The highest BCUT2D eigenvalue weighted by Crippen LogP contribution is 2.23. The zero-order chi connectivity index (χ0) is 14.1. The first-order valence-electron chi connectivity index (χ1n) is 6.41. The summed E-state index contributed by atoms with van der Waals surface area (Å²) in [4.78, 5) is 13.9. The summed E-state index contributed by atoms with van der Waals surface area (Å²) in [7, 11) is 1.90. The number of anilines is 1. The molecule has 5 heteroatoms. The Morgan fingerprint density at radius 1 is 1.20 bits per heavy atom. The van der Waals surface area contributed by atoms with Gasteiger partial charge in [-0.25, -0.2) is 14.4 Å². The van der Waals surface area contributed by atoms with Crippen LogP contribution in [0, 0.1) is 12.7 Å². The van der Waals surface area contributed by atoms with Crippen molar-refractivity contribution in [2.45, 2.75) is 13.5 Å². The number of hydrogen-bond acceptors (Lipinski definition) is 3. The van der Waals surface area contributed by atoms with Crippen LogP contribution in [0.1, 0.15) is 11.4 Å². The molecule has 0 fully saturated rings. The lowest BCUT2D eigenvalue weighted by molar-refractivity contribution is 0.607. The van der Waals surface area contributed by atoms with Crippen LogP contribution in [0.5, 0.6) is 0 Å². The fraction of sp³-hybridized carbons (Fsp3) is 0.200. The smallest absolute Gasteiger partial charge is 0.156 e. The Balaban J connectivity index is 1.98. The van der Waals surface area contributed by atoms with Gasteiger partial charge in [0.2, 0.25) is 0 Å². The van der Waals surface area contributed by atoms with Gasteiger partial charge in [0.25, 0.3) is 0 Å². The molecule has 0 aliphatic heterocycles. The lowest BCUT2D eigenvalue weighted by Gasteiger charge is -2.19. The Morgan fingerprint density at radius 3 is 2.80 bits per heavy atom. The molecular formula is C15H15FN4. The van der Waals surface area contributed by atoms with Crippen molar-refractivity contribution in [3.63, 3.8) is 0 Å². The first-order valence-corrected chi connectivity index (χ1v) is 6.41. The molecule has 0 amide bonds. The average Bonchev–Trinajstić information content (AvgIpc) is 2.88. The van der Waals surface area contributed by atoms with Crippen molar-refractivity contribution in [1.82, 2.24) is 15.0 Å². The van der Waals surface area contributed by atoms with E-state index in [1.54, 1.807) is 12.1 Å². The summed E-state index contributed by atoms with van der Waals surface area (Å²) in [5.74, 6) is 1.28. The van der Waals surface area contributed by atoms with Gasteiger partial charge in [0.05, 0.1) is 5.52 Å².